The summed E-state index contributed by atoms with van der Waals surface area (Å²) in [6.07, 6.45) is 1.50. The molecule has 206 valence electrons. The number of nitrogens with zero attached hydrogens (tertiary/aromatic N) is 4. The molecule has 0 atom stereocenters. The van der Waals surface area contributed by atoms with Gasteiger partial charge < -0.3 is 25.2 Å². The van der Waals surface area contributed by atoms with E-state index in [9.17, 15) is 14.4 Å². The van der Waals surface area contributed by atoms with Gasteiger partial charge in [-0.2, -0.15) is 0 Å². The van der Waals surface area contributed by atoms with E-state index in [0.717, 1.165) is 43.1 Å². The van der Waals surface area contributed by atoms with Gasteiger partial charge in [0.2, 0.25) is 5.91 Å². The van der Waals surface area contributed by atoms with Crippen molar-refractivity contribution < 1.29 is 19.1 Å². The Morgan fingerprint density at radius 2 is 1.75 bits per heavy atom. The number of aromatic nitrogens is 1. The summed E-state index contributed by atoms with van der Waals surface area (Å²) in [5.41, 5.74) is 4.51. The largest absolute Gasteiger partial charge is 0.464 e. The molecule has 2 aliphatic heterocycles. The molecular weight excluding hydrogens is 508 g/mol. The lowest BCUT2D eigenvalue weighted by Gasteiger charge is -2.32. The number of methoxy groups -OCH3 is 1. The first-order valence-electron chi connectivity index (χ1n) is 13.1. The number of anilines is 3. The first-order valence-corrected chi connectivity index (χ1v) is 13.1. The Balaban J connectivity index is 1.40. The normalized spacial score (nSPS) is 16.6. The van der Waals surface area contributed by atoms with E-state index in [-0.39, 0.29) is 17.5 Å². The highest BCUT2D eigenvalue weighted by molar-refractivity contribution is 6.37. The van der Waals surface area contributed by atoms with Gasteiger partial charge in [0, 0.05) is 56.4 Å². The Hall–Kier alpha value is -4.54. The lowest BCUT2D eigenvalue weighted by Crippen LogP contribution is -2.48. The van der Waals surface area contributed by atoms with Crippen LogP contribution in [0.25, 0.3) is 11.3 Å². The quantitative estimate of drug-likeness (QED) is 0.348. The molecule has 5 rings (SSSR count). The number of amides is 2. The van der Waals surface area contributed by atoms with Gasteiger partial charge in [0.1, 0.15) is 5.69 Å². The molecule has 40 heavy (non-hydrogen) atoms. The second kappa shape index (κ2) is 11.7. The summed E-state index contributed by atoms with van der Waals surface area (Å²) in [4.78, 5) is 48.4. The van der Waals surface area contributed by atoms with Gasteiger partial charge in [-0.25, -0.2) is 9.78 Å². The van der Waals surface area contributed by atoms with Crippen LogP contribution in [0, 0.1) is 0 Å². The fourth-order valence-electron chi connectivity index (χ4n) is 4.77. The Morgan fingerprint density at radius 3 is 2.42 bits per heavy atom. The van der Waals surface area contributed by atoms with Crippen molar-refractivity contribution in [2.45, 2.75) is 0 Å². The van der Waals surface area contributed by atoms with Crippen LogP contribution in [0.4, 0.5) is 17.1 Å². The van der Waals surface area contributed by atoms with Crippen molar-refractivity contribution in [1.29, 1.82) is 0 Å². The first kappa shape index (κ1) is 27.0. The van der Waals surface area contributed by atoms with Gasteiger partial charge in [-0.1, -0.05) is 30.3 Å². The average molecular weight is 541 g/mol. The van der Waals surface area contributed by atoms with Crippen LogP contribution in [0.5, 0.6) is 0 Å². The van der Waals surface area contributed by atoms with Crippen LogP contribution in [-0.4, -0.2) is 86.5 Å². The third kappa shape index (κ3) is 5.73. The molecule has 0 spiro atoms. The van der Waals surface area contributed by atoms with Crippen LogP contribution in [0.15, 0.2) is 66.9 Å². The van der Waals surface area contributed by atoms with Gasteiger partial charge in [-0.15, -0.1) is 0 Å². The molecule has 10 nitrogen and oxygen atoms in total. The molecule has 0 aliphatic carbocycles. The topological polar surface area (TPSA) is 107 Å². The minimum absolute atomic E-state index is 0.0374. The summed E-state index contributed by atoms with van der Waals surface area (Å²) >= 11 is 0. The predicted octanol–water partition coefficient (Wildman–Crippen LogP) is 3.01. The monoisotopic (exact) mass is 540 g/mol. The van der Waals surface area contributed by atoms with Crippen molar-refractivity contribution >= 4 is 46.1 Å². The van der Waals surface area contributed by atoms with Gasteiger partial charge in [-0.05, 0) is 42.9 Å². The van der Waals surface area contributed by atoms with E-state index in [2.05, 4.69) is 32.5 Å². The zero-order valence-electron chi connectivity index (χ0n) is 22.8. The van der Waals surface area contributed by atoms with Crippen molar-refractivity contribution in [3.05, 3.63) is 83.7 Å². The summed E-state index contributed by atoms with van der Waals surface area (Å²) in [7, 11) is 5.16. The molecule has 1 aromatic heterocycles. The number of hydrogen-bond donors (Lipinski definition) is 2. The predicted molar refractivity (Wildman–Crippen MR) is 155 cm³/mol. The van der Waals surface area contributed by atoms with Gasteiger partial charge in [0.25, 0.3) is 5.91 Å². The first-order chi connectivity index (χ1) is 19.3. The van der Waals surface area contributed by atoms with Crippen LogP contribution >= 0.6 is 0 Å². The molecule has 2 aromatic carbocycles. The molecule has 2 amide bonds. The van der Waals surface area contributed by atoms with E-state index in [4.69, 9.17) is 4.74 Å². The summed E-state index contributed by atoms with van der Waals surface area (Å²) in [6.45, 7) is 4.07. The number of benzene rings is 2. The van der Waals surface area contributed by atoms with E-state index in [1.165, 1.54) is 19.4 Å². The number of hydrogen-bond acceptors (Lipinski definition) is 8. The molecule has 0 bridgehead atoms. The number of carbonyl (C=O) groups is 3. The lowest BCUT2D eigenvalue weighted by atomic mass is 10.0. The molecule has 0 radical (unpaired) electrons. The zero-order chi connectivity index (χ0) is 28.2. The number of carbonyl (C=O) groups excluding carboxylic acids is 3. The van der Waals surface area contributed by atoms with Crippen molar-refractivity contribution in [2.75, 3.05) is 69.5 Å². The Kier molecular flexibility index (Phi) is 7.90. The lowest BCUT2D eigenvalue weighted by molar-refractivity contribution is -0.119. The zero-order valence-corrected chi connectivity index (χ0v) is 22.8. The summed E-state index contributed by atoms with van der Waals surface area (Å²) in [6, 6.07) is 18.6. The fourth-order valence-corrected chi connectivity index (χ4v) is 4.77. The Morgan fingerprint density at radius 1 is 1.05 bits per heavy atom. The molecule has 2 aliphatic rings. The van der Waals surface area contributed by atoms with Crippen LogP contribution in [0.3, 0.4) is 0 Å². The van der Waals surface area contributed by atoms with Crippen LogP contribution in [0.1, 0.15) is 21.6 Å². The van der Waals surface area contributed by atoms with E-state index in [1.807, 2.05) is 54.6 Å². The molecular formula is C30H32N6O4. The molecule has 2 N–H and O–H groups in total. The smallest absolute Gasteiger partial charge is 0.356 e. The second-order valence-electron chi connectivity index (χ2n) is 9.88. The number of likely N-dealkylation sites (N-methyl/N-ethyl adjacent to an activating group) is 2. The molecule has 1 saturated heterocycles. The van der Waals surface area contributed by atoms with Crippen LogP contribution in [-0.2, 0) is 14.3 Å². The highest BCUT2D eigenvalue weighted by Gasteiger charge is 2.30. The number of ether oxygens (including phenoxy) is 1. The third-order valence-corrected chi connectivity index (χ3v) is 7.21. The Bertz CT molecular complexity index is 1450. The highest BCUT2D eigenvalue weighted by atomic mass is 16.5. The van der Waals surface area contributed by atoms with Crippen LogP contribution in [0.2, 0.25) is 0 Å². The number of rotatable bonds is 7. The minimum Gasteiger partial charge on any atom is -0.464 e. The average Bonchev–Trinajstić information content (AvgIpc) is 3.31. The van der Waals surface area contributed by atoms with Crippen molar-refractivity contribution in [2.24, 2.45) is 0 Å². The van der Waals surface area contributed by atoms with Crippen molar-refractivity contribution in [3.8, 4) is 0 Å². The van der Waals surface area contributed by atoms with E-state index >= 15 is 0 Å². The highest BCUT2D eigenvalue weighted by Crippen LogP contribution is 2.37. The molecule has 3 heterocycles. The third-order valence-electron chi connectivity index (χ3n) is 7.21. The van der Waals surface area contributed by atoms with E-state index < -0.39 is 5.97 Å². The summed E-state index contributed by atoms with van der Waals surface area (Å²) in [5.74, 6) is -0.852. The van der Waals surface area contributed by atoms with Crippen molar-refractivity contribution in [3.63, 3.8) is 0 Å². The maximum absolute atomic E-state index is 13.2. The Labute approximate surface area is 233 Å². The molecule has 10 heteroatoms. The van der Waals surface area contributed by atoms with Gasteiger partial charge in [-0.3, -0.25) is 14.5 Å². The number of nitrogens with one attached hydrogen (secondary N) is 2. The fraction of sp³-hybridized carbons (Fsp3) is 0.267. The van der Waals surface area contributed by atoms with E-state index in [0.29, 0.717) is 29.1 Å². The maximum atomic E-state index is 13.2. The van der Waals surface area contributed by atoms with Gasteiger partial charge in [0.05, 0.1) is 30.6 Å². The SMILES string of the molecule is COC(=O)c1cc2c(cn1)/C(=C(\Nc1ccc(N(C)C(=O)CN3CCN(C)CC3)cc1)c1ccccc1)C(=O)N2. The van der Waals surface area contributed by atoms with Gasteiger partial charge >= 0.3 is 5.97 Å². The maximum Gasteiger partial charge on any atom is 0.356 e. The molecule has 3 aromatic rings. The summed E-state index contributed by atoms with van der Waals surface area (Å²) < 4.78 is 4.76. The summed E-state index contributed by atoms with van der Waals surface area (Å²) in [5, 5.41) is 6.25. The van der Waals surface area contributed by atoms with Crippen LogP contribution < -0.4 is 15.5 Å². The molecule has 0 saturated carbocycles. The second-order valence-corrected chi connectivity index (χ2v) is 9.88. The number of pyridine rings is 1. The number of fused-ring (bicyclic) bond motifs is 1. The molecule has 0 unspecified atom stereocenters. The van der Waals surface area contributed by atoms with Gasteiger partial charge in [0.15, 0.2) is 0 Å². The number of esters is 1. The minimum atomic E-state index is -0.581. The number of piperazine rings is 1. The van der Waals surface area contributed by atoms with Crippen molar-refractivity contribution in [1.82, 2.24) is 14.8 Å². The molecule has 1 fully saturated rings. The standard InChI is InChI=1S/C30H32N6O4/c1-34-13-15-36(16-14-34)19-26(37)35(2)22-11-9-21(10-12-22)32-28(20-7-5-4-6-8-20)27-23-18-31-25(30(39)40-3)17-24(23)33-29(27)38/h4-12,17-18,32H,13-16,19H2,1-3H3,(H,33,38)/b28-27+. The van der Waals surface area contributed by atoms with E-state index in [1.54, 1.807) is 11.9 Å².